The highest BCUT2D eigenvalue weighted by Gasteiger charge is 2.40. The standard InChI is InChI=1S/C15H20O5/c1-17-12-8-11(9-13(10-12)18-2)14(16)15(19-3)4-6-20-7-5-15/h8-10H,4-7H2,1-3H3. The molecule has 0 aliphatic carbocycles. The van der Waals surface area contributed by atoms with E-state index < -0.39 is 5.60 Å². The van der Waals surface area contributed by atoms with Crippen LogP contribution in [0.3, 0.4) is 0 Å². The van der Waals surface area contributed by atoms with E-state index >= 15 is 0 Å². The van der Waals surface area contributed by atoms with Crippen molar-refractivity contribution in [3.63, 3.8) is 0 Å². The van der Waals surface area contributed by atoms with E-state index in [0.29, 0.717) is 43.1 Å². The number of carbonyl (C=O) groups is 1. The number of hydrogen-bond donors (Lipinski definition) is 0. The minimum absolute atomic E-state index is 0.0551. The first-order chi connectivity index (χ1) is 9.65. The first-order valence-corrected chi connectivity index (χ1v) is 6.56. The number of benzene rings is 1. The molecule has 1 aromatic rings. The Kier molecular flexibility index (Phi) is 4.62. The summed E-state index contributed by atoms with van der Waals surface area (Å²) in [5, 5.41) is 0. The van der Waals surface area contributed by atoms with E-state index in [9.17, 15) is 4.79 Å². The molecule has 0 radical (unpaired) electrons. The Balaban J connectivity index is 2.36. The van der Waals surface area contributed by atoms with Gasteiger partial charge in [0.2, 0.25) is 0 Å². The van der Waals surface area contributed by atoms with Crippen LogP contribution in [-0.4, -0.2) is 45.9 Å². The highest BCUT2D eigenvalue weighted by Crippen LogP contribution is 2.31. The van der Waals surface area contributed by atoms with Gasteiger partial charge in [-0.25, -0.2) is 0 Å². The van der Waals surface area contributed by atoms with Crippen molar-refractivity contribution in [2.75, 3.05) is 34.5 Å². The van der Waals surface area contributed by atoms with Crippen molar-refractivity contribution in [2.45, 2.75) is 18.4 Å². The Morgan fingerprint density at radius 3 is 2.05 bits per heavy atom. The molecule has 1 aromatic carbocycles. The van der Waals surface area contributed by atoms with E-state index in [2.05, 4.69) is 0 Å². The van der Waals surface area contributed by atoms with Crippen molar-refractivity contribution in [1.29, 1.82) is 0 Å². The van der Waals surface area contributed by atoms with Gasteiger partial charge in [0, 0.05) is 44.8 Å². The van der Waals surface area contributed by atoms with E-state index in [-0.39, 0.29) is 5.78 Å². The lowest BCUT2D eigenvalue weighted by Gasteiger charge is -2.34. The quantitative estimate of drug-likeness (QED) is 0.773. The van der Waals surface area contributed by atoms with Gasteiger partial charge in [0.1, 0.15) is 17.1 Å². The largest absolute Gasteiger partial charge is 0.497 e. The lowest BCUT2D eigenvalue weighted by Crippen LogP contribution is -2.45. The van der Waals surface area contributed by atoms with Gasteiger partial charge in [-0.3, -0.25) is 4.79 Å². The van der Waals surface area contributed by atoms with Crippen molar-refractivity contribution < 1.29 is 23.7 Å². The fraction of sp³-hybridized carbons (Fsp3) is 0.533. The minimum Gasteiger partial charge on any atom is -0.497 e. The van der Waals surface area contributed by atoms with Gasteiger partial charge in [-0.1, -0.05) is 0 Å². The maximum atomic E-state index is 12.8. The van der Waals surface area contributed by atoms with Crippen LogP contribution < -0.4 is 9.47 Å². The molecule has 0 N–H and O–H groups in total. The number of Topliss-reactive ketones (excluding diaryl/α,β-unsaturated/α-hetero) is 1. The Bertz CT molecular complexity index is 455. The summed E-state index contributed by atoms with van der Waals surface area (Å²) in [6.07, 6.45) is 1.11. The van der Waals surface area contributed by atoms with Crippen LogP contribution in [0.25, 0.3) is 0 Å². The zero-order valence-corrected chi connectivity index (χ0v) is 12.1. The summed E-state index contributed by atoms with van der Waals surface area (Å²) in [5.41, 5.74) is -0.278. The molecule has 0 spiro atoms. The van der Waals surface area contributed by atoms with E-state index in [0.717, 1.165) is 0 Å². The molecule has 5 heteroatoms. The molecular weight excluding hydrogens is 260 g/mol. The molecule has 20 heavy (non-hydrogen) atoms. The highest BCUT2D eigenvalue weighted by atomic mass is 16.5. The number of hydrogen-bond acceptors (Lipinski definition) is 5. The van der Waals surface area contributed by atoms with Gasteiger partial charge in [-0.15, -0.1) is 0 Å². The normalized spacial score (nSPS) is 17.6. The Morgan fingerprint density at radius 1 is 1.05 bits per heavy atom. The summed E-state index contributed by atoms with van der Waals surface area (Å²) in [6, 6.07) is 5.16. The summed E-state index contributed by atoms with van der Waals surface area (Å²) in [6.45, 7) is 1.06. The van der Waals surface area contributed by atoms with Crippen LogP contribution in [0, 0.1) is 0 Å². The molecule has 0 saturated carbocycles. The van der Waals surface area contributed by atoms with Crippen LogP contribution in [0.2, 0.25) is 0 Å². The van der Waals surface area contributed by atoms with Gasteiger partial charge in [0.05, 0.1) is 14.2 Å². The average molecular weight is 280 g/mol. The molecule has 1 aliphatic rings. The van der Waals surface area contributed by atoms with E-state index in [1.807, 2.05) is 0 Å². The first-order valence-electron chi connectivity index (χ1n) is 6.56. The maximum Gasteiger partial charge on any atom is 0.195 e. The fourth-order valence-corrected chi connectivity index (χ4v) is 2.43. The van der Waals surface area contributed by atoms with E-state index in [1.165, 1.54) is 0 Å². The molecule has 0 atom stereocenters. The fourth-order valence-electron chi connectivity index (χ4n) is 2.43. The van der Waals surface area contributed by atoms with Crippen LogP contribution in [0.5, 0.6) is 11.5 Å². The smallest absolute Gasteiger partial charge is 0.195 e. The molecule has 2 rings (SSSR count). The molecule has 0 amide bonds. The molecule has 1 heterocycles. The van der Waals surface area contributed by atoms with Gasteiger partial charge in [0.15, 0.2) is 5.78 Å². The predicted octanol–water partition coefficient (Wildman–Crippen LogP) is 2.08. The summed E-state index contributed by atoms with van der Waals surface area (Å²) in [7, 11) is 4.69. The zero-order chi connectivity index (χ0) is 14.6. The number of carbonyl (C=O) groups excluding carboxylic acids is 1. The molecule has 0 bridgehead atoms. The second kappa shape index (κ2) is 6.24. The SMILES string of the molecule is COc1cc(OC)cc(C(=O)C2(OC)CCOCC2)c1. The maximum absolute atomic E-state index is 12.8. The molecule has 5 nitrogen and oxygen atoms in total. The third-order valence-electron chi connectivity index (χ3n) is 3.72. The lowest BCUT2D eigenvalue weighted by molar-refractivity contribution is -0.0663. The topological polar surface area (TPSA) is 54.0 Å². The third kappa shape index (κ3) is 2.78. The van der Waals surface area contributed by atoms with Gasteiger partial charge in [0.25, 0.3) is 0 Å². The van der Waals surface area contributed by atoms with Crippen molar-refractivity contribution >= 4 is 5.78 Å². The van der Waals surface area contributed by atoms with Crippen molar-refractivity contribution in [3.8, 4) is 11.5 Å². The predicted molar refractivity (Wildman–Crippen MR) is 73.7 cm³/mol. The highest BCUT2D eigenvalue weighted by molar-refractivity contribution is 6.03. The third-order valence-corrected chi connectivity index (χ3v) is 3.72. The Hall–Kier alpha value is -1.59. The summed E-state index contributed by atoms with van der Waals surface area (Å²) >= 11 is 0. The van der Waals surface area contributed by atoms with Gasteiger partial charge < -0.3 is 18.9 Å². The van der Waals surface area contributed by atoms with Crippen LogP contribution in [0.15, 0.2) is 18.2 Å². The number of methoxy groups -OCH3 is 3. The van der Waals surface area contributed by atoms with Gasteiger partial charge in [-0.05, 0) is 12.1 Å². The van der Waals surface area contributed by atoms with Gasteiger partial charge >= 0.3 is 0 Å². The molecule has 0 aromatic heterocycles. The number of ketones is 1. The number of ether oxygens (including phenoxy) is 4. The van der Waals surface area contributed by atoms with Crippen LogP contribution in [0.1, 0.15) is 23.2 Å². The monoisotopic (exact) mass is 280 g/mol. The minimum atomic E-state index is -0.810. The molecular formula is C15H20O5. The Morgan fingerprint density at radius 2 is 1.60 bits per heavy atom. The average Bonchev–Trinajstić information content (AvgIpc) is 2.54. The second-order valence-corrected chi connectivity index (χ2v) is 4.74. The summed E-state index contributed by atoms with van der Waals surface area (Å²) in [5.74, 6) is 1.12. The lowest BCUT2D eigenvalue weighted by atomic mass is 9.85. The first kappa shape index (κ1) is 14.8. The van der Waals surface area contributed by atoms with Crippen molar-refractivity contribution in [3.05, 3.63) is 23.8 Å². The Labute approximate surface area is 118 Å². The molecule has 110 valence electrons. The van der Waals surface area contributed by atoms with Crippen LogP contribution in [-0.2, 0) is 9.47 Å². The van der Waals surface area contributed by atoms with Crippen LogP contribution in [0.4, 0.5) is 0 Å². The molecule has 0 unspecified atom stereocenters. The van der Waals surface area contributed by atoms with E-state index in [4.69, 9.17) is 18.9 Å². The van der Waals surface area contributed by atoms with Crippen LogP contribution >= 0.6 is 0 Å². The molecule has 1 saturated heterocycles. The molecule has 1 aliphatic heterocycles. The summed E-state index contributed by atoms with van der Waals surface area (Å²) in [4.78, 5) is 12.8. The van der Waals surface area contributed by atoms with Crippen molar-refractivity contribution in [1.82, 2.24) is 0 Å². The van der Waals surface area contributed by atoms with Gasteiger partial charge in [-0.2, -0.15) is 0 Å². The summed E-state index contributed by atoms with van der Waals surface area (Å²) < 4.78 is 21.3. The van der Waals surface area contributed by atoms with Crippen molar-refractivity contribution in [2.24, 2.45) is 0 Å². The molecule has 1 fully saturated rings. The number of rotatable bonds is 5. The second-order valence-electron chi connectivity index (χ2n) is 4.74. The van der Waals surface area contributed by atoms with E-state index in [1.54, 1.807) is 39.5 Å². The zero-order valence-electron chi connectivity index (χ0n) is 12.1.